The molecule has 0 atom stereocenters. The molecule has 0 bridgehead atoms. The highest BCUT2D eigenvalue weighted by atomic mass is 16.5. The lowest BCUT2D eigenvalue weighted by atomic mass is 9.97. The normalized spacial score (nSPS) is 10.1. The van der Waals surface area contributed by atoms with Crippen molar-refractivity contribution in [3.8, 4) is 0 Å². The first-order chi connectivity index (χ1) is 10.5. The lowest BCUT2D eigenvalue weighted by molar-refractivity contribution is -0.140. The van der Waals surface area contributed by atoms with E-state index in [9.17, 15) is 14.4 Å². The van der Waals surface area contributed by atoms with Crippen LogP contribution in [0.15, 0.2) is 24.3 Å². The average Bonchev–Trinajstić information content (AvgIpc) is 2.52. The third kappa shape index (κ3) is 6.52. The fraction of sp³-hybridized carbons (Fsp3) is 0.471. The summed E-state index contributed by atoms with van der Waals surface area (Å²) < 4.78 is 4.55. The molecular weight excluding hydrogens is 282 g/mol. The second kappa shape index (κ2) is 9.71. The summed E-state index contributed by atoms with van der Waals surface area (Å²) >= 11 is 0. The number of nitrogens with one attached hydrogen (secondary N) is 1. The number of Topliss-reactive ketones (excluding diaryl/α,β-unsaturated/α-hetero) is 1. The van der Waals surface area contributed by atoms with Crippen molar-refractivity contribution in [2.75, 3.05) is 13.7 Å². The van der Waals surface area contributed by atoms with E-state index < -0.39 is 0 Å². The molecule has 0 heterocycles. The van der Waals surface area contributed by atoms with Crippen LogP contribution >= 0.6 is 0 Å². The number of hydrogen-bond donors (Lipinski definition) is 1. The molecule has 0 spiro atoms. The van der Waals surface area contributed by atoms with Crippen molar-refractivity contribution in [1.82, 2.24) is 5.32 Å². The number of methoxy groups -OCH3 is 1. The number of hydrogen-bond acceptors (Lipinski definition) is 4. The number of aryl methyl sites for hydroxylation is 1. The Morgan fingerprint density at radius 1 is 1.09 bits per heavy atom. The number of amides is 1. The Kier molecular flexibility index (Phi) is 7.89. The topological polar surface area (TPSA) is 72.5 Å². The van der Waals surface area contributed by atoms with Crippen molar-refractivity contribution in [2.24, 2.45) is 0 Å². The van der Waals surface area contributed by atoms with Crippen molar-refractivity contribution in [1.29, 1.82) is 0 Å². The Hall–Kier alpha value is -2.17. The van der Waals surface area contributed by atoms with Crippen LogP contribution in [0.3, 0.4) is 0 Å². The van der Waals surface area contributed by atoms with Crippen molar-refractivity contribution in [3.63, 3.8) is 0 Å². The Bertz CT molecular complexity index is 525. The molecule has 5 heteroatoms. The zero-order chi connectivity index (χ0) is 16.4. The molecule has 0 saturated heterocycles. The van der Waals surface area contributed by atoms with Gasteiger partial charge in [0.25, 0.3) is 0 Å². The Morgan fingerprint density at radius 2 is 1.82 bits per heavy atom. The maximum Gasteiger partial charge on any atom is 0.305 e. The number of rotatable bonds is 9. The van der Waals surface area contributed by atoms with Gasteiger partial charge < -0.3 is 10.1 Å². The summed E-state index contributed by atoms with van der Waals surface area (Å²) in [7, 11) is 1.32. The van der Waals surface area contributed by atoms with Gasteiger partial charge in [-0.15, -0.1) is 0 Å². The fourth-order valence-electron chi connectivity index (χ4n) is 2.17. The number of unbranched alkanes of at least 4 members (excludes halogenated alkanes) is 1. The number of ether oxygens (including phenoxy) is 1. The summed E-state index contributed by atoms with van der Waals surface area (Å²) in [5.41, 5.74) is 1.66. The van der Waals surface area contributed by atoms with Gasteiger partial charge in [0.15, 0.2) is 5.78 Å². The van der Waals surface area contributed by atoms with E-state index >= 15 is 0 Å². The number of benzene rings is 1. The Labute approximate surface area is 131 Å². The summed E-state index contributed by atoms with van der Waals surface area (Å²) in [6.45, 7) is 2.14. The highest BCUT2D eigenvalue weighted by Gasteiger charge is 2.12. The highest BCUT2D eigenvalue weighted by Crippen LogP contribution is 2.15. The number of ketones is 1. The number of carbonyl (C=O) groups excluding carboxylic acids is 3. The first-order valence-corrected chi connectivity index (χ1v) is 7.47. The van der Waals surface area contributed by atoms with Gasteiger partial charge in [-0.25, -0.2) is 0 Å². The molecular formula is C17H23NO4. The Balaban J connectivity index is 2.52. The van der Waals surface area contributed by atoms with Crippen LogP contribution in [0.5, 0.6) is 0 Å². The standard InChI is InChI=1S/C17H23NO4/c1-13(19)18-12-6-5-8-14-7-3-4-9-15(14)16(20)10-11-17(21)22-2/h3-4,7,9H,5-6,8,10-12H2,1-2H3,(H,18,19). The molecule has 0 unspecified atom stereocenters. The van der Waals surface area contributed by atoms with E-state index in [0.29, 0.717) is 12.1 Å². The summed E-state index contributed by atoms with van der Waals surface area (Å²) in [5, 5.41) is 2.75. The molecule has 0 aromatic heterocycles. The van der Waals surface area contributed by atoms with Crippen molar-refractivity contribution in [2.45, 2.75) is 39.0 Å². The third-order valence-electron chi connectivity index (χ3n) is 3.35. The molecule has 1 aromatic carbocycles. The molecule has 5 nitrogen and oxygen atoms in total. The molecule has 120 valence electrons. The first kappa shape index (κ1) is 17.9. The lowest BCUT2D eigenvalue weighted by Gasteiger charge is -2.08. The molecule has 1 rings (SSSR count). The van der Waals surface area contributed by atoms with Crippen LogP contribution in [0.2, 0.25) is 0 Å². The molecule has 0 radical (unpaired) electrons. The van der Waals surface area contributed by atoms with Crippen LogP contribution < -0.4 is 5.32 Å². The lowest BCUT2D eigenvalue weighted by Crippen LogP contribution is -2.20. The summed E-state index contributed by atoms with van der Waals surface area (Å²) in [6.07, 6.45) is 2.80. The molecule has 1 N–H and O–H groups in total. The maximum atomic E-state index is 12.2. The minimum Gasteiger partial charge on any atom is -0.469 e. The molecule has 0 saturated carbocycles. The van der Waals surface area contributed by atoms with Gasteiger partial charge in [-0.2, -0.15) is 0 Å². The largest absolute Gasteiger partial charge is 0.469 e. The highest BCUT2D eigenvalue weighted by molar-refractivity contribution is 5.98. The first-order valence-electron chi connectivity index (χ1n) is 7.47. The monoisotopic (exact) mass is 305 g/mol. The van der Waals surface area contributed by atoms with Gasteiger partial charge in [0.05, 0.1) is 13.5 Å². The maximum absolute atomic E-state index is 12.2. The van der Waals surface area contributed by atoms with E-state index in [0.717, 1.165) is 24.8 Å². The molecule has 1 aromatic rings. The second-order valence-corrected chi connectivity index (χ2v) is 5.10. The van der Waals surface area contributed by atoms with Crippen LogP contribution in [-0.2, 0) is 20.7 Å². The summed E-state index contributed by atoms with van der Waals surface area (Å²) in [6, 6.07) is 7.46. The predicted octanol–water partition coefficient (Wildman–Crippen LogP) is 2.28. The van der Waals surface area contributed by atoms with Gasteiger partial charge in [0, 0.05) is 25.5 Å². The van der Waals surface area contributed by atoms with E-state index in [1.54, 1.807) is 6.07 Å². The van der Waals surface area contributed by atoms with Gasteiger partial charge in [-0.1, -0.05) is 24.3 Å². The van der Waals surface area contributed by atoms with Crippen LogP contribution in [0.1, 0.15) is 48.5 Å². The number of carbonyl (C=O) groups is 3. The van der Waals surface area contributed by atoms with Gasteiger partial charge in [-0.3, -0.25) is 14.4 Å². The van der Waals surface area contributed by atoms with Crippen molar-refractivity contribution >= 4 is 17.7 Å². The Morgan fingerprint density at radius 3 is 2.50 bits per heavy atom. The zero-order valence-corrected chi connectivity index (χ0v) is 13.2. The van der Waals surface area contributed by atoms with E-state index in [1.165, 1.54) is 14.0 Å². The predicted molar refractivity (Wildman–Crippen MR) is 83.6 cm³/mol. The molecule has 0 fully saturated rings. The molecule has 0 aliphatic heterocycles. The van der Waals surface area contributed by atoms with Gasteiger partial charge in [0.1, 0.15) is 0 Å². The van der Waals surface area contributed by atoms with Crippen LogP contribution in [-0.4, -0.2) is 31.3 Å². The quantitative estimate of drug-likeness (QED) is 0.431. The van der Waals surface area contributed by atoms with Crippen molar-refractivity contribution < 1.29 is 19.1 Å². The third-order valence-corrected chi connectivity index (χ3v) is 3.35. The minimum atomic E-state index is -0.374. The SMILES string of the molecule is COC(=O)CCC(=O)c1ccccc1CCCCNC(C)=O. The van der Waals surface area contributed by atoms with Gasteiger partial charge in [-0.05, 0) is 24.8 Å². The number of esters is 1. The van der Waals surface area contributed by atoms with E-state index in [4.69, 9.17) is 0 Å². The van der Waals surface area contributed by atoms with Gasteiger partial charge >= 0.3 is 5.97 Å². The molecule has 1 amide bonds. The van der Waals surface area contributed by atoms with Crippen LogP contribution in [0, 0.1) is 0 Å². The summed E-state index contributed by atoms with van der Waals surface area (Å²) in [4.78, 5) is 34.1. The smallest absolute Gasteiger partial charge is 0.305 e. The molecule has 22 heavy (non-hydrogen) atoms. The van der Waals surface area contributed by atoms with Crippen molar-refractivity contribution in [3.05, 3.63) is 35.4 Å². The van der Waals surface area contributed by atoms with E-state index in [-0.39, 0.29) is 30.5 Å². The second-order valence-electron chi connectivity index (χ2n) is 5.10. The average molecular weight is 305 g/mol. The van der Waals surface area contributed by atoms with E-state index in [1.807, 2.05) is 18.2 Å². The van der Waals surface area contributed by atoms with Crippen LogP contribution in [0.25, 0.3) is 0 Å². The zero-order valence-electron chi connectivity index (χ0n) is 13.2. The molecule has 0 aliphatic carbocycles. The molecule has 0 aliphatic rings. The fourth-order valence-corrected chi connectivity index (χ4v) is 2.17. The van der Waals surface area contributed by atoms with E-state index in [2.05, 4.69) is 10.1 Å². The minimum absolute atomic E-state index is 0.0293. The van der Waals surface area contributed by atoms with Gasteiger partial charge in [0.2, 0.25) is 5.91 Å². The summed E-state index contributed by atoms with van der Waals surface area (Å²) in [5.74, 6) is -0.442. The van der Waals surface area contributed by atoms with Crippen LogP contribution in [0.4, 0.5) is 0 Å².